The minimum atomic E-state index is 0.137. The van der Waals surface area contributed by atoms with Crippen molar-refractivity contribution in [1.29, 1.82) is 0 Å². The second kappa shape index (κ2) is 5.33. The average molecular weight is 263 g/mol. The third kappa shape index (κ3) is 2.50. The van der Waals surface area contributed by atoms with Gasteiger partial charge in [-0.2, -0.15) is 0 Å². The lowest BCUT2D eigenvalue weighted by Gasteiger charge is -2.12. The fourth-order valence-electron chi connectivity index (χ4n) is 2.54. The summed E-state index contributed by atoms with van der Waals surface area (Å²) in [5.41, 5.74) is 4.36. The fraction of sp³-hybridized carbons (Fsp3) is 0.167. The Morgan fingerprint density at radius 3 is 2.75 bits per heavy atom. The minimum Gasteiger partial charge on any atom is -0.331 e. The first-order valence-electron chi connectivity index (χ1n) is 6.84. The Morgan fingerprint density at radius 2 is 1.95 bits per heavy atom. The highest BCUT2D eigenvalue weighted by atomic mass is 16.2. The van der Waals surface area contributed by atoms with Crippen LogP contribution in [0.4, 0.5) is 0 Å². The number of carbonyl (C=O) groups is 1. The van der Waals surface area contributed by atoms with E-state index in [9.17, 15) is 4.79 Å². The van der Waals surface area contributed by atoms with E-state index in [0.29, 0.717) is 6.54 Å². The zero-order valence-corrected chi connectivity index (χ0v) is 11.5. The van der Waals surface area contributed by atoms with Crippen molar-refractivity contribution in [3.63, 3.8) is 0 Å². The van der Waals surface area contributed by atoms with Gasteiger partial charge < -0.3 is 4.90 Å². The molecule has 0 atom stereocenters. The molecule has 1 amide bonds. The minimum absolute atomic E-state index is 0.137. The first kappa shape index (κ1) is 12.7. The van der Waals surface area contributed by atoms with Gasteiger partial charge in [0.1, 0.15) is 0 Å². The highest BCUT2D eigenvalue weighted by Gasteiger charge is 2.25. The number of carbonyl (C=O) groups excluding carboxylic acids is 1. The van der Waals surface area contributed by atoms with E-state index in [-0.39, 0.29) is 5.91 Å². The maximum atomic E-state index is 12.2. The van der Waals surface area contributed by atoms with E-state index in [1.807, 2.05) is 41.3 Å². The summed E-state index contributed by atoms with van der Waals surface area (Å²) in [7, 11) is 0. The standard InChI is InChI=1S/C18H17NO/c1-14-9-10-17-16(12-14)13-19(18(17)20)11-5-8-15-6-3-2-4-7-15/h2-10,12H,11,13H2,1H3. The Hall–Kier alpha value is -2.35. The molecular formula is C18H17NO. The number of fused-ring (bicyclic) bond motifs is 1. The quantitative estimate of drug-likeness (QED) is 0.827. The summed E-state index contributed by atoms with van der Waals surface area (Å²) in [4.78, 5) is 14.1. The molecule has 2 aromatic rings. The summed E-state index contributed by atoms with van der Waals surface area (Å²) >= 11 is 0. The van der Waals surface area contributed by atoms with E-state index < -0.39 is 0 Å². The van der Waals surface area contributed by atoms with Gasteiger partial charge in [-0.25, -0.2) is 0 Å². The molecule has 0 saturated heterocycles. The zero-order chi connectivity index (χ0) is 13.9. The fourth-order valence-corrected chi connectivity index (χ4v) is 2.54. The summed E-state index contributed by atoms with van der Waals surface area (Å²) in [6.45, 7) is 3.43. The molecule has 0 radical (unpaired) electrons. The Bertz CT molecular complexity index is 658. The molecule has 0 N–H and O–H groups in total. The van der Waals surface area contributed by atoms with Crippen LogP contribution < -0.4 is 0 Å². The van der Waals surface area contributed by atoms with E-state index in [1.54, 1.807) is 0 Å². The van der Waals surface area contributed by atoms with Crippen LogP contribution in [-0.2, 0) is 6.54 Å². The van der Waals surface area contributed by atoms with Crippen LogP contribution in [-0.4, -0.2) is 17.4 Å². The van der Waals surface area contributed by atoms with Crippen LogP contribution in [0.15, 0.2) is 54.6 Å². The summed E-state index contributed by atoms with van der Waals surface area (Å²) < 4.78 is 0. The number of benzene rings is 2. The van der Waals surface area contributed by atoms with Crippen LogP contribution in [0.2, 0.25) is 0 Å². The molecule has 0 bridgehead atoms. The number of hydrogen-bond acceptors (Lipinski definition) is 1. The monoisotopic (exact) mass is 263 g/mol. The summed E-state index contributed by atoms with van der Waals surface area (Å²) in [5.74, 6) is 0.137. The van der Waals surface area contributed by atoms with Gasteiger partial charge in [0.05, 0.1) is 0 Å². The van der Waals surface area contributed by atoms with Crippen LogP contribution in [0.5, 0.6) is 0 Å². The molecular weight excluding hydrogens is 246 g/mol. The van der Waals surface area contributed by atoms with Crippen LogP contribution in [0.25, 0.3) is 6.08 Å². The van der Waals surface area contributed by atoms with E-state index >= 15 is 0 Å². The molecule has 1 aliphatic rings. The molecule has 3 rings (SSSR count). The smallest absolute Gasteiger partial charge is 0.254 e. The molecule has 0 aliphatic carbocycles. The normalized spacial score (nSPS) is 14.1. The van der Waals surface area contributed by atoms with Gasteiger partial charge in [-0.1, -0.05) is 60.2 Å². The number of rotatable bonds is 3. The molecule has 1 heterocycles. The number of nitrogens with zero attached hydrogens (tertiary/aromatic N) is 1. The zero-order valence-electron chi connectivity index (χ0n) is 11.5. The van der Waals surface area contributed by atoms with Crippen LogP contribution in [0.1, 0.15) is 27.0 Å². The SMILES string of the molecule is Cc1ccc2c(c1)CN(CC=Cc1ccccc1)C2=O. The summed E-state index contributed by atoms with van der Waals surface area (Å²) in [6.07, 6.45) is 4.10. The van der Waals surface area contributed by atoms with Crippen molar-refractivity contribution in [3.05, 3.63) is 76.9 Å². The number of amides is 1. The van der Waals surface area contributed by atoms with Gasteiger partial charge in [0.2, 0.25) is 0 Å². The molecule has 2 heteroatoms. The first-order valence-corrected chi connectivity index (χ1v) is 6.84. The average Bonchev–Trinajstić information content (AvgIpc) is 2.76. The molecule has 0 saturated carbocycles. The second-order valence-electron chi connectivity index (χ2n) is 5.16. The molecule has 100 valence electrons. The highest BCUT2D eigenvalue weighted by Crippen LogP contribution is 2.23. The number of aryl methyl sites for hydroxylation is 1. The van der Waals surface area contributed by atoms with Gasteiger partial charge in [0.15, 0.2) is 0 Å². The topological polar surface area (TPSA) is 20.3 Å². The van der Waals surface area contributed by atoms with Gasteiger partial charge >= 0.3 is 0 Å². The molecule has 2 nitrogen and oxygen atoms in total. The third-order valence-electron chi connectivity index (χ3n) is 3.58. The van der Waals surface area contributed by atoms with Crippen molar-refractivity contribution < 1.29 is 4.79 Å². The van der Waals surface area contributed by atoms with E-state index in [4.69, 9.17) is 0 Å². The lowest BCUT2D eigenvalue weighted by atomic mass is 10.1. The highest BCUT2D eigenvalue weighted by molar-refractivity contribution is 5.98. The van der Waals surface area contributed by atoms with Gasteiger partial charge in [0.25, 0.3) is 5.91 Å². The largest absolute Gasteiger partial charge is 0.331 e. The third-order valence-corrected chi connectivity index (χ3v) is 3.58. The van der Waals surface area contributed by atoms with Gasteiger partial charge in [0, 0.05) is 18.7 Å². The Morgan fingerprint density at radius 1 is 1.15 bits per heavy atom. The van der Waals surface area contributed by atoms with Crippen molar-refractivity contribution in [1.82, 2.24) is 4.90 Å². The maximum absolute atomic E-state index is 12.2. The Balaban J connectivity index is 1.69. The van der Waals surface area contributed by atoms with Crippen molar-refractivity contribution in [3.8, 4) is 0 Å². The first-order chi connectivity index (χ1) is 9.74. The van der Waals surface area contributed by atoms with E-state index in [0.717, 1.165) is 23.2 Å². The predicted octanol–water partition coefficient (Wildman–Crippen LogP) is 3.66. The van der Waals surface area contributed by atoms with Crippen LogP contribution >= 0.6 is 0 Å². The Kier molecular flexibility index (Phi) is 3.38. The van der Waals surface area contributed by atoms with Crippen molar-refractivity contribution in [2.45, 2.75) is 13.5 Å². The molecule has 20 heavy (non-hydrogen) atoms. The molecule has 0 aromatic heterocycles. The maximum Gasteiger partial charge on any atom is 0.254 e. The lowest BCUT2D eigenvalue weighted by molar-refractivity contribution is 0.0796. The molecule has 0 unspecified atom stereocenters. The van der Waals surface area contributed by atoms with Crippen LogP contribution in [0.3, 0.4) is 0 Å². The van der Waals surface area contributed by atoms with E-state index in [2.05, 4.69) is 31.2 Å². The lowest BCUT2D eigenvalue weighted by Crippen LogP contribution is -2.23. The predicted molar refractivity (Wildman–Crippen MR) is 81.4 cm³/mol. The summed E-state index contributed by atoms with van der Waals surface area (Å²) in [6, 6.07) is 16.2. The van der Waals surface area contributed by atoms with E-state index in [1.165, 1.54) is 5.56 Å². The molecule has 1 aliphatic heterocycles. The molecule has 0 fully saturated rings. The van der Waals surface area contributed by atoms with Crippen LogP contribution in [0, 0.1) is 6.92 Å². The van der Waals surface area contributed by atoms with Crippen molar-refractivity contribution >= 4 is 12.0 Å². The van der Waals surface area contributed by atoms with Crippen molar-refractivity contribution in [2.75, 3.05) is 6.54 Å². The van der Waals surface area contributed by atoms with Crippen molar-refractivity contribution in [2.24, 2.45) is 0 Å². The van der Waals surface area contributed by atoms with Gasteiger partial charge in [-0.15, -0.1) is 0 Å². The van der Waals surface area contributed by atoms with Gasteiger partial charge in [-0.05, 0) is 24.1 Å². The second-order valence-corrected chi connectivity index (χ2v) is 5.16. The molecule has 2 aromatic carbocycles. The Labute approximate surface area is 119 Å². The molecule has 0 spiro atoms. The van der Waals surface area contributed by atoms with Gasteiger partial charge in [-0.3, -0.25) is 4.79 Å². The number of hydrogen-bond donors (Lipinski definition) is 0. The summed E-state index contributed by atoms with van der Waals surface area (Å²) in [5, 5.41) is 0.